The zero-order chi connectivity index (χ0) is 23.9. The topological polar surface area (TPSA) is 134 Å². The van der Waals surface area contributed by atoms with Crippen LogP contribution in [0.1, 0.15) is 16.1 Å². The number of aryl methyl sites for hydroxylation is 1. The molecule has 0 aliphatic rings. The van der Waals surface area contributed by atoms with E-state index in [-0.39, 0.29) is 16.1 Å². The Hall–Kier alpha value is -4.44. The van der Waals surface area contributed by atoms with Crippen molar-refractivity contribution in [2.75, 3.05) is 10.0 Å². The minimum absolute atomic E-state index is 0.00438. The van der Waals surface area contributed by atoms with E-state index in [9.17, 15) is 18.0 Å². The van der Waals surface area contributed by atoms with Gasteiger partial charge in [0.1, 0.15) is 5.76 Å². The van der Waals surface area contributed by atoms with Gasteiger partial charge in [0.25, 0.3) is 15.9 Å². The minimum Gasteiger partial charge on any atom is -0.360 e. The van der Waals surface area contributed by atoms with Crippen LogP contribution in [-0.4, -0.2) is 24.5 Å². The van der Waals surface area contributed by atoms with Crippen LogP contribution in [0.15, 0.2) is 87.0 Å². The fourth-order valence-electron chi connectivity index (χ4n) is 3.59. The van der Waals surface area contributed by atoms with Gasteiger partial charge in [-0.2, -0.15) is 0 Å². The first-order valence-corrected chi connectivity index (χ1v) is 11.7. The second-order valence-corrected chi connectivity index (χ2v) is 9.35. The van der Waals surface area contributed by atoms with E-state index >= 15 is 0 Å². The summed E-state index contributed by atoms with van der Waals surface area (Å²) in [6.07, 6.45) is 0. The first-order chi connectivity index (χ1) is 16.3. The number of hydrogen-bond donors (Lipinski definition) is 3. The summed E-state index contributed by atoms with van der Waals surface area (Å²) in [5, 5.41) is 7.28. The molecular weight excluding hydrogens is 456 g/mol. The SMILES string of the molecule is Cc1cc(NS(=O)(=O)c2ccc(NC(=O)c3ccc4[nH]c5ccccc5c(=O)c4c3)cc2)no1. The Balaban J connectivity index is 1.37. The average molecular weight is 474 g/mol. The van der Waals surface area contributed by atoms with E-state index in [1.165, 1.54) is 30.3 Å². The van der Waals surface area contributed by atoms with Gasteiger partial charge in [0.05, 0.1) is 4.90 Å². The Morgan fingerprint density at radius 1 is 0.941 bits per heavy atom. The van der Waals surface area contributed by atoms with E-state index in [0.29, 0.717) is 33.3 Å². The molecule has 1 amide bonds. The smallest absolute Gasteiger partial charge is 0.263 e. The molecule has 0 aliphatic heterocycles. The molecular formula is C24H18N4O5S. The number of amides is 1. The number of carbonyl (C=O) groups is 1. The van der Waals surface area contributed by atoms with Crippen molar-refractivity contribution in [3.05, 3.63) is 94.3 Å². The number of hydrogen-bond acceptors (Lipinski definition) is 6. The number of nitrogens with one attached hydrogen (secondary N) is 3. The van der Waals surface area contributed by atoms with Crippen molar-refractivity contribution in [1.82, 2.24) is 10.1 Å². The molecule has 0 radical (unpaired) electrons. The Labute approximate surface area is 193 Å². The van der Waals surface area contributed by atoms with Gasteiger partial charge in [0.2, 0.25) is 0 Å². The molecule has 2 heterocycles. The summed E-state index contributed by atoms with van der Waals surface area (Å²) >= 11 is 0. The third-order valence-electron chi connectivity index (χ3n) is 5.26. The number of fused-ring (bicyclic) bond motifs is 2. The van der Waals surface area contributed by atoms with Crippen LogP contribution in [0.2, 0.25) is 0 Å². The summed E-state index contributed by atoms with van der Waals surface area (Å²) in [5.41, 5.74) is 1.88. The summed E-state index contributed by atoms with van der Waals surface area (Å²) in [6.45, 7) is 1.65. The number of para-hydroxylation sites is 1. The molecule has 0 atom stereocenters. The molecule has 10 heteroatoms. The van der Waals surface area contributed by atoms with Gasteiger partial charge in [-0.1, -0.05) is 17.3 Å². The molecule has 0 spiro atoms. The van der Waals surface area contributed by atoms with Crippen LogP contribution < -0.4 is 15.5 Å². The summed E-state index contributed by atoms with van der Waals surface area (Å²) in [7, 11) is -3.87. The fourth-order valence-corrected chi connectivity index (χ4v) is 4.58. The molecule has 0 saturated carbocycles. The van der Waals surface area contributed by atoms with Crippen molar-refractivity contribution >= 4 is 49.2 Å². The summed E-state index contributed by atoms with van der Waals surface area (Å²) in [5.74, 6) is 0.120. The maximum atomic E-state index is 12.9. The van der Waals surface area contributed by atoms with Crippen molar-refractivity contribution in [1.29, 1.82) is 0 Å². The third-order valence-corrected chi connectivity index (χ3v) is 6.63. The fraction of sp³-hybridized carbons (Fsp3) is 0.0417. The standard InChI is InChI=1S/C24H18N4O5S/c1-14-12-22(27-33-14)28-34(31,32)17-9-7-16(8-10-17)25-24(30)15-6-11-21-19(13-15)23(29)18-4-2-3-5-20(18)26-21/h2-13H,1H3,(H,25,30)(H,26,29)(H,27,28). The average Bonchev–Trinajstić information content (AvgIpc) is 3.23. The molecule has 2 aromatic heterocycles. The summed E-state index contributed by atoms with van der Waals surface area (Å²) in [4.78, 5) is 28.8. The molecule has 170 valence electrons. The number of aromatic amines is 1. The second-order valence-electron chi connectivity index (χ2n) is 7.67. The number of aromatic nitrogens is 2. The molecule has 0 aliphatic carbocycles. The van der Waals surface area contributed by atoms with Crippen LogP contribution in [0.25, 0.3) is 21.8 Å². The predicted molar refractivity (Wildman–Crippen MR) is 129 cm³/mol. The Morgan fingerprint density at radius 2 is 1.68 bits per heavy atom. The number of carbonyl (C=O) groups excluding carboxylic acids is 1. The van der Waals surface area contributed by atoms with Gasteiger partial charge in [-0.3, -0.25) is 14.3 Å². The largest absolute Gasteiger partial charge is 0.360 e. The number of H-pyrrole nitrogens is 1. The molecule has 34 heavy (non-hydrogen) atoms. The van der Waals surface area contributed by atoms with Crippen molar-refractivity contribution in [3.8, 4) is 0 Å². The molecule has 9 nitrogen and oxygen atoms in total. The predicted octanol–water partition coefficient (Wildman–Crippen LogP) is 4.03. The number of benzene rings is 3. The van der Waals surface area contributed by atoms with Gasteiger partial charge < -0.3 is 14.8 Å². The maximum Gasteiger partial charge on any atom is 0.263 e. The van der Waals surface area contributed by atoms with Crippen molar-refractivity contribution < 1.29 is 17.7 Å². The lowest BCUT2D eigenvalue weighted by Gasteiger charge is -2.09. The van der Waals surface area contributed by atoms with Crippen LogP contribution in [0.5, 0.6) is 0 Å². The van der Waals surface area contributed by atoms with E-state index in [4.69, 9.17) is 4.52 Å². The van der Waals surface area contributed by atoms with Gasteiger partial charge in [-0.05, 0) is 61.5 Å². The van der Waals surface area contributed by atoms with Crippen LogP contribution in [-0.2, 0) is 10.0 Å². The van der Waals surface area contributed by atoms with Gasteiger partial charge in [-0.15, -0.1) is 0 Å². The highest BCUT2D eigenvalue weighted by Crippen LogP contribution is 2.20. The van der Waals surface area contributed by atoms with Crippen molar-refractivity contribution in [3.63, 3.8) is 0 Å². The van der Waals surface area contributed by atoms with E-state index in [1.54, 1.807) is 37.3 Å². The van der Waals surface area contributed by atoms with Gasteiger partial charge in [0.15, 0.2) is 11.2 Å². The molecule has 5 rings (SSSR count). The van der Waals surface area contributed by atoms with Gasteiger partial charge >= 0.3 is 0 Å². The minimum atomic E-state index is -3.87. The highest BCUT2D eigenvalue weighted by atomic mass is 32.2. The Kier molecular flexibility index (Phi) is 5.14. The molecule has 0 fully saturated rings. The molecule has 0 saturated heterocycles. The van der Waals surface area contributed by atoms with Crippen molar-refractivity contribution in [2.24, 2.45) is 0 Å². The number of nitrogens with zero attached hydrogens (tertiary/aromatic N) is 1. The number of sulfonamides is 1. The first kappa shape index (κ1) is 21.4. The molecule has 3 aromatic carbocycles. The van der Waals surface area contributed by atoms with Crippen LogP contribution >= 0.6 is 0 Å². The van der Waals surface area contributed by atoms with Crippen LogP contribution in [0, 0.1) is 6.92 Å². The highest BCUT2D eigenvalue weighted by molar-refractivity contribution is 7.92. The maximum absolute atomic E-state index is 12.9. The zero-order valence-electron chi connectivity index (χ0n) is 17.8. The third kappa shape index (κ3) is 4.02. The number of rotatable bonds is 5. The van der Waals surface area contributed by atoms with Crippen LogP contribution in [0.3, 0.4) is 0 Å². The molecule has 0 bridgehead atoms. The molecule has 3 N–H and O–H groups in total. The second kappa shape index (κ2) is 8.16. The van der Waals surface area contributed by atoms with Crippen LogP contribution in [0.4, 0.5) is 11.5 Å². The Morgan fingerprint density at radius 3 is 2.41 bits per heavy atom. The summed E-state index contributed by atoms with van der Waals surface area (Å²) in [6, 6.07) is 19.2. The Bertz CT molecular complexity index is 1720. The number of pyridine rings is 1. The first-order valence-electron chi connectivity index (χ1n) is 10.2. The monoisotopic (exact) mass is 474 g/mol. The van der Waals surface area contributed by atoms with E-state index in [2.05, 4.69) is 20.2 Å². The lowest BCUT2D eigenvalue weighted by Crippen LogP contribution is -2.15. The van der Waals surface area contributed by atoms with E-state index in [0.717, 1.165) is 5.52 Å². The highest BCUT2D eigenvalue weighted by Gasteiger charge is 2.17. The quantitative estimate of drug-likeness (QED) is 0.329. The van der Waals surface area contributed by atoms with Gasteiger partial charge in [0, 0.05) is 39.1 Å². The number of anilines is 2. The zero-order valence-corrected chi connectivity index (χ0v) is 18.6. The summed E-state index contributed by atoms with van der Waals surface area (Å²) < 4.78 is 32.2. The molecule has 5 aromatic rings. The van der Waals surface area contributed by atoms with Gasteiger partial charge in [-0.25, -0.2) is 8.42 Å². The lowest BCUT2D eigenvalue weighted by atomic mass is 10.1. The van der Waals surface area contributed by atoms with E-state index in [1.807, 2.05) is 12.1 Å². The van der Waals surface area contributed by atoms with Crippen molar-refractivity contribution in [2.45, 2.75) is 11.8 Å². The molecule has 0 unspecified atom stereocenters. The van der Waals surface area contributed by atoms with E-state index < -0.39 is 15.9 Å². The lowest BCUT2D eigenvalue weighted by molar-refractivity contribution is 0.102. The normalized spacial score (nSPS) is 11.6.